The Morgan fingerprint density at radius 1 is 0.619 bits per heavy atom. The molecule has 0 aliphatic heterocycles. The van der Waals surface area contributed by atoms with Crippen molar-refractivity contribution in [2.24, 2.45) is 23.7 Å². The number of ether oxygens (including phenoxy) is 4. The van der Waals surface area contributed by atoms with Crippen molar-refractivity contribution >= 4 is 93.5 Å². The summed E-state index contributed by atoms with van der Waals surface area (Å²) < 4.78 is 21.0. The summed E-state index contributed by atoms with van der Waals surface area (Å²) in [4.78, 5) is 51.5. The summed E-state index contributed by atoms with van der Waals surface area (Å²) in [5, 5.41) is -1.45. The van der Waals surface area contributed by atoms with Crippen molar-refractivity contribution in [2.45, 2.75) is 39.5 Å². The molecule has 0 bridgehead atoms. The van der Waals surface area contributed by atoms with Crippen LogP contribution in [0.25, 0.3) is 0 Å². The zero-order valence-corrected chi connectivity index (χ0v) is 26.8. The molecule has 0 heterocycles. The van der Waals surface area contributed by atoms with E-state index in [1.54, 1.807) is 0 Å². The van der Waals surface area contributed by atoms with Crippen LogP contribution in [0.4, 0.5) is 0 Å². The SMILES string of the molecule is CCC1CC1COC(=O)c1c(Cl)c(Cl)cc(Cl)c1OC(=O)C(=O)Oc1c(Cl)cc(Cl)c(Cl)c1C(=O)OCC1CC1CC. The second kappa shape index (κ2) is 13.8. The lowest BCUT2D eigenvalue weighted by atomic mass is 10.2. The fraction of sp³-hybridized carbons (Fsp3) is 0.429. The van der Waals surface area contributed by atoms with Gasteiger partial charge in [-0.1, -0.05) is 96.3 Å². The van der Waals surface area contributed by atoms with E-state index < -0.39 is 46.5 Å². The fourth-order valence-electron chi connectivity index (χ4n) is 4.53. The Labute approximate surface area is 271 Å². The van der Waals surface area contributed by atoms with Crippen molar-refractivity contribution in [3.63, 3.8) is 0 Å². The van der Waals surface area contributed by atoms with Crippen LogP contribution in [0.2, 0.25) is 30.1 Å². The predicted octanol–water partition coefficient (Wildman–Crippen LogP) is 8.52. The normalized spacial score (nSPS) is 20.5. The van der Waals surface area contributed by atoms with E-state index in [0.717, 1.165) is 37.8 Å². The second-order valence-electron chi connectivity index (χ2n) is 10.0. The number of hydrogen-bond donors (Lipinski definition) is 0. The molecule has 2 aromatic carbocycles. The van der Waals surface area contributed by atoms with E-state index in [0.29, 0.717) is 11.8 Å². The van der Waals surface area contributed by atoms with E-state index in [2.05, 4.69) is 0 Å². The molecule has 4 atom stereocenters. The third kappa shape index (κ3) is 7.40. The highest BCUT2D eigenvalue weighted by Crippen LogP contribution is 2.44. The average molecular weight is 701 g/mol. The quantitative estimate of drug-likeness (QED) is 0.105. The van der Waals surface area contributed by atoms with Crippen molar-refractivity contribution in [1.29, 1.82) is 0 Å². The summed E-state index contributed by atoms with van der Waals surface area (Å²) in [6.45, 7) is 4.29. The number of esters is 4. The highest BCUT2D eigenvalue weighted by molar-refractivity contribution is 6.47. The van der Waals surface area contributed by atoms with E-state index in [9.17, 15) is 19.2 Å². The molecule has 2 aliphatic rings. The van der Waals surface area contributed by atoms with Crippen LogP contribution in [0.3, 0.4) is 0 Å². The highest BCUT2D eigenvalue weighted by atomic mass is 35.5. The minimum Gasteiger partial charge on any atom is -0.462 e. The molecule has 8 nitrogen and oxygen atoms in total. The highest BCUT2D eigenvalue weighted by Gasteiger charge is 2.38. The Balaban J connectivity index is 1.53. The van der Waals surface area contributed by atoms with Gasteiger partial charge < -0.3 is 18.9 Å². The van der Waals surface area contributed by atoms with Crippen LogP contribution >= 0.6 is 69.6 Å². The van der Waals surface area contributed by atoms with Gasteiger partial charge in [0, 0.05) is 0 Å². The summed E-state index contributed by atoms with van der Waals surface area (Å²) >= 11 is 37.0. The largest absolute Gasteiger partial charge is 0.462 e. The molecular weight excluding hydrogens is 677 g/mol. The summed E-state index contributed by atoms with van der Waals surface area (Å²) in [5.74, 6) is -5.05. The number of hydrogen-bond acceptors (Lipinski definition) is 8. The number of benzene rings is 2. The molecule has 0 amide bonds. The number of carbonyl (C=O) groups is 4. The maximum absolute atomic E-state index is 12.9. The molecule has 0 aromatic heterocycles. The number of rotatable bonds is 10. The first kappa shape index (κ1) is 33.0. The molecule has 0 spiro atoms. The van der Waals surface area contributed by atoms with Gasteiger partial charge >= 0.3 is 23.9 Å². The topological polar surface area (TPSA) is 105 Å². The molecule has 0 radical (unpaired) electrons. The van der Waals surface area contributed by atoms with Crippen LogP contribution in [0.15, 0.2) is 12.1 Å². The first-order valence-corrected chi connectivity index (χ1v) is 15.3. The van der Waals surface area contributed by atoms with Gasteiger partial charge in [0.1, 0.15) is 11.1 Å². The van der Waals surface area contributed by atoms with Crippen molar-refractivity contribution in [3.05, 3.63) is 53.4 Å². The molecule has 2 aromatic rings. The summed E-state index contributed by atoms with van der Waals surface area (Å²) in [5.41, 5.74) is -0.905. The van der Waals surface area contributed by atoms with Gasteiger partial charge in [0.25, 0.3) is 0 Å². The van der Waals surface area contributed by atoms with Crippen LogP contribution in [0, 0.1) is 23.7 Å². The predicted molar refractivity (Wildman–Crippen MR) is 159 cm³/mol. The molecule has 0 saturated heterocycles. The lowest BCUT2D eigenvalue weighted by Gasteiger charge is -2.15. The first-order chi connectivity index (χ1) is 19.9. The van der Waals surface area contributed by atoms with Crippen molar-refractivity contribution < 1.29 is 38.1 Å². The third-order valence-electron chi connectivity index (χ3n) is 7.26. The van der Waals surface area contributed by atoms with Crippen LogP contribution in [0.1, 0.15) is 60.2 Å². The minimum atomic E-state index is -1.64. The molecule has 2 saturated carbocycles. The van der Waals surface area contributed by atoms with Gasteiger partial charge in [-0.05, 0) is 48.6 Å². The molecule has 42 heavy (non-hydrogen) atoms. The zero-order valence-electron chi connectivity index (χ0n) is 22.2. The van der Waals surface area contributed by atoms with Crippen LogP contribution in [0.5, 0.6) is 11.5 Å². The van der Waals surface area contributed by atoms with E-state index in [4.69, 9.17) is 88.6 Å². The molecule has 226 valence electrons. The van der Waals surface area contributed by atoms with Gasteiger partial charge in [-0.3, -0.25) is 0 Å². The molecule has 14 heteroatoms. The Kier molecular flexibility index (Phi) is 10.8. The standard InChI is InChI=1S/C28H24Cl6O8/c1-3-11-5-13(11)9-39-25(35)19-21(33)15(29)7-17(31)23(19)41-27(37)28(38)42-24-18(32)8-16(30)22(34)20(24)26(36)40-10-14-6-12(14)4-2/h7-8,11-14H,3-6,9-10H2,1-2H3. The van der Waals surface area contributed by atoms with Crippen LogP contribution < -0.4 is 9.47 Å². The van der Waals surface area contributed by atoms with Crippen molar-refractivity contribution in [1.82, 2.24) is 0 Å². The molecule has 2 fully saturated rings. The van der Waals surface area contributed by atoms with Gasteiger partial charge in [-0.25, -0.2) is 19.2 Å². The number of carbonyl (C=O) groups excluding carboxylic acids is 4. The van der Waals surface area contributed by atoms with E-state index in [1.807, 2.05) is 13.8 Å². The Hall–Kier alpha value is -1.94. The first-order valence-electron chi connectivity index (χ1n) is 13.0. The summed E-state index contributed by atoms with van der Waals surface area (Å²) in [6, 6.07) is 2.24. The molecule has 4 rings (SSSR count). The average Bonchev–Trinajstić information content (AvgIpc) is 3.87. The fourth-order valence-corrected chi connectivity index (χ4v) is 5.97. The van der Waals surface area contributed by atoms with Gasteiger partial charge in [0.15, 0.2) is 11.5 Å². The Morgan fingerprint density at radius 2 is 0.976 bits per heavy atom. The van der Waals surface area contributed by atoms with Crippen LogP contribution in [-0.2, 0) is 19.1 Å². The smallest absolute Gasteiger partial charge is 0.423 e. The summed E-state index contributed by atoms with van der Waals surface area (Å²) in [6.07, 6.45) is 3.71. The van der Waals surface area contributed by atoms with Crippen molar-refractivity contribution in [2.75, 3.05) is 13.2 Å². The van der Waals surface area contributed by atoms with Gasteiger partial charge in [-0.2, -0.15) is 0 Å². The zero-order chi connectivity index (χ0) is 30.9. The van der Waals surface area contributed by atoms with Crippen LogP contribution in [-0.4, -0.2) is 37.1 Å². The lowest BCUT2D eigenvalue weighted by Crippen LogP contribution is -2.27. The second-order valence-corrected chi connectivity index (χ2v) is 12.4. The van der Waals surface area contributed by atoms with E-state index in [1.165, 1.54) is 0 Å². The summed E-state index contributed by atoms with van der Waals surface area (Å²) in [7, 11) is 0. The molecule has 4 unspecified atom stereocenters. The van der Waals surface area contributed by atoms with E-state index in [-0.39, 0.29) is 55.2 Å². The number of halogens is 6. The molecule has 2 aliphatic carbocycles. The van der Waals surface area contributed by atoms with Gasteiger partial charge in [0.05, 0.1) is 43.3 Å². The lowest BCUT2D eigenvalue weighted by molar-refractivity contribution is -0.156. The maximum Gasteiger partial charge on any atom is 0.423 e. The molecule has 0 N–H and O–H groups in total. The van der Waals surface area contributed by atoms with Crippen molar-refractivity contribution in [3.8, 4) is 11.5 Å². The van der Waals surface area contributed by atoms with E-state index >= 15 is 0 Å². The Morgan fingerprint density at radius 3 is 1.29 bits per heavy atom. The van der Waals surface area contributed by atoms with Gasteiger partial charge in [0.2, 0.25) is 0 Å². The Bertz CT molecular complexity index is 1340. The maximum atomic E-state index is 12.9. The minimum absolute atomic E-state index is 0.113. The third-order valence-corrected chi connectivity index (χ3v) is 9.40. The monoisotopic (exact) mass is 698 g/mol. The molecular formula is C28H24Cl6O8. The van der Waals surface area contributed by atoms with Gasteiger partial charge in [-0.15, -0.1) is 0 Å².